The predicted molar refractivity (Wildman–Crippen MR) is 99.3 cm³/mol. The van der Waals surface area contributed by atoms with E-state index < -0.39 is 12.0 Å². The monoisotopic (exact) mass is 356 g/mol. The Morgan fingerprint density at radius 3 is 2.65 bits per heavy atom. The van der Waals surface area contributed by atoms with Gasteiger partial charge in [0, 0.05) is 17.6 Å². The lowest BCUT2D eigenvalue weighted by atomic mass is 10.1. The van der Waals surface area contributed by atoms with Crippen LogP contribution in [0.1, 0.15) is 55.4 Å². The first-order valence-electron chi connectivity index (χ1n) is 9.08. The zero-order valence-electron chi connectivity index (χ0n) is 15.2. The molecular weight excluding hydrogens is 332 g/mol. The molecule has 0 radical (unpaired) electrons. The molecule has 0 saturated heterocycles. The van der Waals surface area contributed by atoms with Crippen molar-refractivity contribution >= 4 is 22.6 Å². The fourth-order valence-corrected chi connectivity index (χ4v) is 3.62. The van der Waals surface area contributed by atoms with Crippen molar-refractivity contribution in [3.8, 4) is 0 Å². The number of amides is 1. The molecule has 1 fully saturated rings. The van der Waals surface area contributed by atoms with Crippen molar-refractivity contribution in [3.05, 3.63) is 46.4 Å². The van der Waals surface area contributed by atoms with E-state index in [2.05, 4.69) is 5.32 Å². The second-order valence-electron chi connectivity index (χ2n) is 6.74. The normalized spacial score (nSPS) is 15.8. The molecule has 0 bridgehead atoms. The van der Waals surface area contributed by atoms with Gasteiger partial charge in [-0.05, 0) is 42.8 Å². The predicted octanol–water partition coefficient (Wildman–Crippen LogP) is 2.80. The summed E-state index contributed by atoms with van der Waals surface area (Å²) in [4.78, 5) is 37.4. The summed E-state index contributed by atoms with van der Waals surface area (Å²) in [6.45, 7) is 1.89. The maximum Gasteiger partial charge on any atom is 0.337 e. The van der Waals surface area contributed by atoms with Gasteiger partial charge in [-0.25, -0.2) is 4.79 Å². The maximum atomic E-state index is 13.0. The average molecular weight is 356 g/mol. The highest BCUT2D eigenvalue weighted by molar-refractivity contribution is 5.95. The van der Waals surface area contributed by atoms with Gasteiger partial charge in [-0.3, -0.25) is 9.59 Å². The lowest BCUT2D eigenvalue weighted by molar-refractivity contribution is -0.125. The largest absolute Gasteiger partial charge is 0.465 e. The van der Waals surface area contributed by atoms with Gasteiger partial charge in [0.1, 0.15) is 6.04 Å². The van der Waals surface area contributed by atoms with Crippen LogP contribution in [-0.2, 0) is 9.53 Å². The molecule has 1 unspecified atom stereocenters. The minimum Gasteiger partial charge on any atom is -0.465 e. The number of hydrogen-bond donors (Lipinski definition) is 1. The minimum absolute atomic E-state index is 0.120. The van der Waals surface area contributed by atoms with Gasteiger partial charge in [0.2, 0.25) is 5.91 Å². The van der Waals surface area contributed by atoms with E-state index in [1.807, 2.05) is 6.92 Å². The Hall–Kier alpha value is -2.63. The van der Waals surface area contributed by atoms with Crippen LogP contribution in [-0.4, -0.2) is 29.6 Å². The van der Waals surface area contributed by atoms with Gasteiger partial charge in [0.25, 0.3) is 5.56 Å². The summed E-state index contributed by atoms with van der Waals surface area (Å²) >= 11 is 0. The van der Waals surface area contributed by atoms with E-state index >= 15 is 0 Å². The fourth-order valence-electron chi connectivity index (χ4n) is 3.62. The lowest BCUT2D eigenvalue weighted by Crippen LogP contribution is -2.41. The fraction of sp³-hybridized carbons (Fsp3) is 0.450. The summed E-state index contributed by atoms with van der Waals surface area (Å²) in [5.74, 6) is -0.613. The number of rotatable bonds is 5. The standard InChI is InChI=1S/C20H24N2O4/c1-3-17(18(23)21-15-6-4-5-7-15)22-11-10-13-8-9-14(20(25)26-2)12-16(13)19(22)24/h8-12,15,17H,3-7H2,1-2H3,(H,21,23). The van der Waals surface area contributed by atoms with Gasteiger partial charge in [0.15, 0.2) is 0 Å². The van der Waals surface area contributed by atoms with Gasteiger partial charge < -0.3 is 14.6 Å². The van der Waals surface area contributed by atoms with Crippen molar-refractivity contribution in [3.63, 3.8) is 0 Å². The number of hydrogen-bond acceptors (Lipinski definition) is 4. The Kier molecular flexibility index (Phi) is 5.40. The van der Waals surface area contributed by atoms with Crippen LogP contribution in [0, 0.1) is 0 Å². The van der Waals surface area contributed by atoms with Gasteiger partial charge >= 0.3 is 5.97 Å². The first-order valence-corrected chi connectivity index (χ1v) is 9.08. The van der Waals surface area contributed by atoms with Gasteiger partial charge in [-0.1, -0.05) is 25.8 Å². The highest BCUT2D eigenvalue weighted by Gasteiger charge is 2.24. The molecule has 0 aliphatic heterocycles. The third kappa shape index (κ3) is 3.49. The summed E-state index contributed by atoms with van der Waals surface area (Å²) in [5.41, 5.74) is 0.0416. The van der Waals surface area contributed by atoms with Gasteiger partial charge in [-0.15, -0.1) is 0 Å². The summed E-state index contributed by atoms with van der Waals surface area (Å²) in [7, 11) is 1.30. The van der Waals surface area contributed by atoms with Gasteiger partial charge in [-0.2, -0.15) is 0 Å². The molecule has 1 aromatic heterocycles. The zero-order chi connectivity index (χ0) is 18.7. The van der Waals surface area contributed by atoms with Gasteiger partial charge in [0.05, 0.1) is 12.7 Å². The third-order valence-corrected chi connectivity index (χ3v) is 5.08. The molecule has 1 heterocycles. The maximum absolute atomic E-state index is 13.0. The van der Waals surface area contributed by atoms with E-state index in [0.717, 1.165) is 31.1 Å². The van der Waals surface area contributed by atoms with Crippen LogP contribution in [0.2, 0.25) is 0 Å². The number of fused-ring (bicyclic) bond motifs is 1. The lowest BCUT2D eigenvalue weighted by Gasteiger charge is -2.21. The second kappa shape index (κ2) is 7.72. The molecule has 3 rings (SSSR count). The highest BCUT2D eigenvalue weighted by atomic mass is 16.5. The number of ether oxygens (including phenoxy) is 1. The number of nitrogens with one attached hydrogen (secondary N) is 1. The molecule has 2 aromatic rings. The number of carbonyl (C=O) groups excluding carboxylic acids is 2. The number of esters is 1. The SMILES string of the molecule is CCC(C(=O)NC1CCCC1)n1ccc2ccc(C(=O)OC)cc2c1=O. The molecule has 1 atom stereocenters. The molecule has 1 aromatic carbocycles. The molecule has 1 saturated carbocycles. The minimum atomic E-state index is -0.561. The van der Waals surface area contributed by atoms with Crippen molar-refractivity contribution in [1.82, 2.24) is 9.88 Å². The van der Waals surface area contributed by atoms with Crippen LogP contribution in [0.4, 0.5) is 0 Å². The van der Waals surface area contributed by atoms with E-state index in [4.69, 9.17) is 4.74 Å². The Bertz CT molecular complexity index is 881. The number of nitrogens with zero attached hydrogens (tertiary/aromatic N) is 1. The smallest absolute Gasteiger partial charge is 0.337 e. The van der Waals surface area contributed by atoms with Crippen LogP contribution in [0.5, 0.6) is 0 Å². The summed E-state index contributed by atoms with van der Waals surface area (Å²) in [6, 6.07) is 6.31. The number of carbonyl (C=O) groups is 2. The topological polar surface area (TPSA) is 77.4 Å². The molecule has 1 aliphatic carbocycles. The van der Waals surface area contributed by atoms with Crippen molar-refractivity contribution in [2.75, 3.05) is 7.11 Å². The highest BCUT2D eigenvalue weighted by Crippen LogP contribution is 2.20. The van der Waals surface area contributed by atoms with E-state index in [9.17, 15) is 14.4 Å². The molecular formula is C20H24N2O4. The second-order valence-corrected chi connectivity index (χ2v) is 6.74. The average Bonchev–Trinajstić information content (AvgIpc) is 3.16. The molecule has 0 spiro atoms. The number of benzene rings is 1. The first kappa shape index (κ1) is 18.2. The third-order valence-electron chi connectivity index (χ3n) is 5.08. The summed E-state index contributed by atoms with van der Waals surface area (Å²) < 4.78 is 6.19. The van der Waals surface area contributed by atoms with Crippen LogP contribution >= 0.6 is 0 Å². The molecule has 26 heavy (non-hydrogen) atoms. The van der Waals surface area contributed by atoms with Crippen molar-refractivity contribution in [2.24, 2.45) is 0 Å². The van der Waals surface area contributed by atoms with Crippen LogP contribution in [0.3, 0.4) is 0 Å². The Balaban J connectivity index is 1.96. The number of pyridine rings is 1. The Morgan fingerprint density at radius 1 is 1.27 bits per heavy atom. The zero-order valence-corrected chi connectivity index (χ0v) is 15.2. The summed E-state index contributed by atoms with van der Waals surface area (Å²) in [6.07, 6.45) is 6.43. The molecule has 1 amide bonds. The quantitative estimate of drug-likeness (QED) is 0.836. The Labute approximate surface area is 152 Å². The number of methoxy groups -OCH3 is 1. The van der Waals surface area contributed by atoms with Crippen LogP contribution in [0.25, 0.3) is 10.8 Å². The van der Waals surface area contributed by atoms with Crippen LogP contribution in [0.15, 0.2) is 35.3 Å². The first-order chi connectivity index (χ1) is 12.5. The van der Waals surface area contributed by atoms with Crippen molar-refractivity contribution in [1.29, 1.82) is 0 Å². The van der Waals surface area contributed by atoms with E-state index in [1.165, 1.54) is 17.7 Å². The van der Waals surface area contributed by atoms with E-state index in [-0.39, 0.29) is 17.5 Å². The van der Waals surface area contributed by atoms with Crippen molar-refractivity contribution < 1.29 is 14.3 Å². The summed E-state index contributed by atoms with van der Waals surface area (Å²) in [5, 5.41) is 4.20. The molecule has 1 aliphatic rings. The number of aromatic nitrogens is 1. The van der Waals surface area contributed by atoms with E-state index in [0.29, 0.717) is 17.4 Å². The molecule has 6 heteroatoms. The molecule has 6 nitrogen and oxygen atoms in total. The molecule has 1 N–H and O–H groups in total. The van der Waals surface area contributed by atoms with Crippen molar-refractivity contribution in [2.45, 2.75) is 51.1 Å². The molecule has 138 valence electrons. The van der Waals surface area contributed by atoms with E-state index in [1.54, 1.807) is 24.4 Å². The Morgan fingerprint density at radius 2 is 2.00 bits per heavy atom. The van der Waals surface area contributed by atoms with Crippen LogP contribution < -0.4 is 10.9 Å².